The fraction of sp³-hybridized carbons (Fsp3) is 0. The number of hydrogen-bond donors (Lipinski definition) is 0. The molecule has 0 radical (unpaired) electrons. The number of para-hydroxylation sites is 1. The molecule has 0 spiro atoms. The molecule has 0 fully saturated rings. The molecule has 210 valence electrons. The second kappa shape index (κ2) is 10.2. The summed E-state index contributed by atoms with van der Waals surface area (Å²) in [6, 6.07) is 55.0. The Kier molecular flexibility index (Phi) is 5.78. The number of benzene rings is 7. The molecular formula is C41H26N4. The standard InChI is InChI=1S/C41H26N4/c1-3-14-28(15-4-1)39-42-40(29-16-5-2-6-17-29)44-41(43-39)35-25-26-37(32-20-10-9-19-31(32)35)45-36-22-12-11-21-33(36)34-24-23-27-13-7-8-18-30(27)38(34)45/h1-26H. The molecule has 0 amide bonds. The molecule has 0 saturated carbocycles. The first-order valence-electron chi connectivity index (χ1n) is 15.1. The van der Waals surface area contributed by atoms with Gasteiger partial charge in [-0.25, -0.2) is 15.0 Å². The van der Waals surface area contributed by atoms with Crippen LogP contribution in [0.15, 0.2) is 158 Å². The van der Waals surface area contributed by atoms with E-state index in [0.29, 0.717) is 17.5 Å². The quantitative estimate of drug-likeness (QED) is 0.210. The molecule has 0 aliphatic heterocycles. The number of aromatic nitrogens is 4. The van der Waals surface area contributed by atoms with Crippen molar-refractivity contribution >= 4 is 43.4 Å². The van der Waals surface area contributed by atoms with Crippen LogP contribution in [0, 0.1) is 0 Å². The van der Waals surface area contributed by atoms with Crippen LogP contribution in [-0.4, -0.2) is 19.5 Å². The molecule has 0 atom stereocenters. The highest BCUT2D eigenvalue weighted by Crippen LogP contribution is 2.40. The topological polar surface area (TPSA) is 43.6 Å². The zero-order chi connectivity index (χ0) is 29.7. The summed E-state index contributed by atoms with van der Waals surface area (Å²) in [5.41, 5.74) is 6.40. The molecule has 0 unspecified atom stereocenters. The van der Waals surface area contributed by atoms with Gasteiger partial charge < -0.3 is 4.57 Å². The number of fused-ring (bicyclic) bond motifs is 6. The first-order chi connectivity index (χ1) is 22.3. The third-order valence-corrected chi connectivity index (χ3v) is 8.64. The van der Waals surface area contributed by atoms with Crippen LogP contribution in [0.4, 0.5) is 0 Å². The molecule has 2 aromatic heterocycles. The van der Waals surface area contributed by atoms with E-state index >= 15 is 0 Å². The van der Waals surface area contributed by atoms with Gasteiger partial charge in [-0.15, -0.1) is 0 Å². The largest absolute Gasteiger partial charge is 0.308 e. The predicted octanol–water partition coefficient (Wildman–Crippen LogP) is 10.3. The normalized spacial score (nSPS) is 11.6. The van der Waals surface area contributed by atoms with Crippen molar-refractivity contribution in [2.24, 2.45) is 0 Å². The van der Waals surface area contributed by atoms with Gasteiger partial charge in [0.1, 0.15) is 0 Å². The van der Waals surface area contributed by atoms with Crippen molar-refractivity contribution in [1.29, 1.82) is 0 Å². The fourth-order valence-corrected chi connectivity index (χ4v) is 6.58. The van der Waals surface area contributed by atoms with Crippen LogP contribution < -0.4 is 0 Å². The summed E-state index contributed by atoms with van der Waals surface area (Å²) in [7, 11) is 0. The summed E-state index contributed by atoms with van der Waals surface area (Å²) in [5.74, 6) is 1.96. The van der Waals surface area contributed by atoms with Crippen molar-refractivity contribution in [2.75, 3.05) is 0 Å². The summed E-state index contributed by atoms with van der Waals surface area (Å²) in [4.78, 5) is 15.0. The molecular weight excluding hydrogens is 548 g/mol. The Balaban J connectivity index is 1.34. The molecule has 0 saturated heterocycles. The van der Waals surface area contributed by atoms with Crippen molar-refractivity contribution in [1.82, 2.24) is 19.5 Å². The summed E-state index contributed by atoms with van der Waals surface area (Å²) < 4.78 is 2.43. The molecule has 4 nitrogen and oxygen atoms in total. The van der Waals surface area contributed by atoms with E-state index in [-0.39, 0.29) is 0 Å². The Morgan fingerprint density at radius 3 is 1.62 bits per heavy atom. The highest BCUT2D eigenvalue weighted by molar-refractivity contribution is 6.19. The van der Waals surface area contributed by atoms with E-state index in [1.165, 1.54) is 32.6 Å². The average Bonchev–Trinajstić information content (AvgIpc) is 3.46. The monoisotopic (exact) mass is 574 g/mol. The van der Waals surface area contributed by atoms with Crippen LogP contribution in [0.25, 0.3) is 83.2 Å². The van der Waals surface area contributed by atoms with Gasteiger partial charge >= 0.3 is 0 Å². The van der Waals surface area contributed by atoms with Gasteiger partial charge in [0.2, 0.25) is 0 Å². The molecule has 9 aromatic rings. The lowest BCUT2D eigenvalue weighted by molar-refractivity contribution is 1.08. The van der Waals surface area contributed by atoms with Gasteiger partial charge in [-0.05, 0) is 29.0 Å². The maximum absolute atomic E-state index is 5.05. The van der Waals surface area contributed by atoms with E-state index in [9.17, 15) is 0 Å². The van der Waals surface area contributed by atoms with E-state index in [0.717, 1.165) is 33.2 Å². The minimum Gasteiger partial charge on any atom is -0.308 e. The molecule has 7 aromatic carbocycles. The van der Waals surface area contributed by atoms with Crippen LogP contribution in [0.2, 0.25) is 0 Å². The zero-order valence-corrected chi connectivity index (χ0v) is 24.3. The van der Waals surface area contributed by atoms with E-state index < -0.39 is 0 Å². The van der Waals surface area contributed by atoms with E-state index in [1.54, 1.807) is 0 Å². The SMILES string of the molecule is c1ccc(-c2nc(-c3ccccc3)nc(-c3ccc(-n4c5ccccc5c5ccc6ccccc6c54)c4ccccc34)n2)cc1. The smallest absolute Gasteiger partial charge is 0.164 e. The van der Waals surface area contributed by atoms with Gasteiger partial charge in [0.25, 0.3) is 0 Å². The highest BCUT2D eigenvalue weighted by Gasteiger charge is 2.19. The maximum Gasteiger partial charge on any atom is 0.164 e. The van der Waals surface area contributed by atoms with Crippen molar-refractivity contribution in [3.8, 4) is 39.9 Å². The maximum atomic E-state index is 5.05. The molecule has 0 aliphatic carbocycles. The van der Waals surface area contributed by atoms with Gasteiger partial charge in [-0.1, -0.05) is 140 Å². The van der Waals surface area contributed by atoms with Gasteiger partial charge in [0, 0.05) is 38.2 Å². The lowest BCUT2D eigenvalue weighted by Crippen LogP contribution is -2.01. The lowest BCUT2D eigenvalue weighted by atomic mass is 10.0. The van der Waals surface area contributed by atoms with Gasteiger partial charge in [0.15, 0.2) is 17.5 Å². The van der Waals surface area contributed by atoms with Crippen LogP contribution in [-0.2, 0) is 0 Å². The lowest BCUT2D eigenvalue weighted by Gasteiger charge is -2.16. The predicted molar refractivity (Wildman–Crippen MR) is 185 cm³/mol. The Morgan fingerprint density at radius 2 is 0.911 bits per heavy atom. The Hall–Kier alpha value is -6.13. The average molecular weight is 575 g/mol. The molecule has 45 heavy (non-hydrogen) atoms. The van der Waals surface area contributed by atoms with Crippen molar-refractivity contribution in [3.05, 3.63) is 158 Å². The molecule has 2 heterocycles. The van der Waals surface area contributed by atoms with Crippen molar-refractivity contribution in [3.63, 3.8) is 0 Å². The summed E-state index contributed by atoms with van der Waals surface area (Å²) in [6.45, 7) is 0. The molecule has 0 bridgehead atoms. The number of rotatable bonds is 4. The molecule has 0 aliphatic rings. The second-order valence-electron chi connectivity index (χ2n) is 11.3. The number of hydrogen-bond acceptors (Lipinski definition) is 3. The Bertz CT molecular complexity index is 2470. The third-order valence-electron chi connectivity index (χ3n) is 8.64. The fourth-order valence-electron chi connectivity index (χ4n) is 6.58. The molecule has 0 N–H and O–H groups in total. The highest BCUT2D eigenvalue weighted by atomic mass is 15.0. The van der Waals surface area contributed by atoms with Gasteiger partial charge in [0.05, 0.1) is 16.7 Å². The minimum atomic E-state index is 0.651. The van der Waals surface area contributed by atoms with E-state index in [1.807, 2.05) is 60.7 Å². The van der Waals surface area contributed by atoms with Crippen LogP contribution in [0.1, 0.15) is 0 Å². The minimum absolute atomic E-state index is 0.651. The third kappa shape index (κ3) is 4.11. The molecule has 4 heteroatoms. The van der Waals surface area contributed by atoms with E-state index in [4.69, 9.17) is 15.0 Å². The van der Waals surface area contributed by atoms with Crippen molar-refractivity contribution < 1.29 is 0 Å². The van der Waals surface area contributed by atoms with Crippen LogP contribution in [0.5, 0.6) is 0 Å². The van der Waals surface area contributed by atoms with Crippen LogP contribution in [0.3, 0.4) is 0 Å². The Morgan fingerprint density at radius 1 is 0.356 bits per heavy atom. The first kappa shape index (κ1) is 25.4. The summed E-state index contributed by atoms with van der Waals surface area (Å²) in [5, 5.41) is 7.16. The second-order valence-corrected chi connectivity index (χ2v) is 11.3. The summed E-state index contributed by atoms with van der Waals surface area (Å²) in [6.07, 6.45) is 0. The summed E-state index contributed by atoms with van der Waals surface area (Å²) >= 11 is 0. The van der Waals surface area contributed by atoms with Crippen molar-refractivity contribution in [2.45, 2.75) is 0 Å². The number of nitrogens with zero attached hydrogens (tertiary/aromatic N) is 4. The Labute approximate surface area is 259 Å². The van der Waals surface area contributed by atoms with Gasteiger partial charge in [-0.2, -0.15) is 0 Å². The van der Waals surface area contributed by atoms with Crippen LogP contribution >= 0.6 is 0 Å². The van der Waals surface area contributed by atoms with Gasteiger partial charge in [-0.3, -0.25) is 0 Å². The van der Waals surface area contributed by atoms with E-state index in [2.05, 4.69) is 102 Å². The first-order valence-corrected chi connectivity index (χ1v) is 15.1. The zero-order valence-electron chi connectivity index (χ0n) is 24.3. The molecule has 9 rings (SSSR count).